The van der Waals surface area contributed by atoms with Gasteiger partial charge in [-0.05, 0) is 23.2 Å². The molecule has 0 spiro atoms. The van der Waals surface area contributed by atoms with Crippen LogP contribution in [0.25, 0.3) is 0 Å². The van der Waals surface area contributed by atoms with Crippen LogP contribution in [0.3, 0.4) is 0 Å². The van der Waals surface area contributed by atoms with Crippen molar-refractivity contribution in [1.29, 1.82) is 5.26 Å². The topological polar surface area (TPSA) is 45.5 Å². The SMILES string of the molecule is CC(C)(C)[Si](C)(C)O[C@@H](C#N)[C@H]1O[C@H]1[Si](C)(C)C(C)(C)C. The van der Waals surface area contributed by atoms with Crippen molar-refractivity contribution in [3.63, 3.8) is 0 Å². The Balaban J connectivity index is 2.82. The summed E-state index contributed by atoms with van der Waals surface area (Å²) in [6, 6.07) is 2.36. The Morgan fingerprint density at radius 3 is 1.81 bits per heavy atom. The number of nitrogens with zero attached hydrogens (tertiary/aromatic N) is 1. The molecule has 3 atom stereocenters. The summed E-state index contributed by atoms with van der Waals surface area (Å²) < 4.78 is 12.2. The third kappa shape index (κ3) is 3.79. The van der Waals surface area contributed by atoms with Crippen LogP contribution in [0, 0.1) is 11.3 Å². The van der Waals surface area contributed by atoms with Crippen molar-refractivity contribution in [2.75, 3.05) is 0 Å². The molecule has 0 bridgehead atoms. The molecule has 1 aliphatic heterocycles. The van der Waals surface area contributed by atoms with Gasteiger partial charge in [-0.2, -0.15) is 5.26 Å². The third-order valence-electron chi connectivity index (χ3n) is 5.82. The molecule has 1 saturated heterocycles. The quantitative estimate of drug-likeness (QED) is 0.554. The maximum absolute atomic E-state index is 9.53. The maximum atomic E-state index is 9.53. The standard InChI is InChI=1S/C16H33NO2Si2/c1-15(2,3)20(7,8)14-13(18-14)12(11-17)19-21(9,10)16(4,5)6/h12-14H,1-10H3/t12-,13+,14-/m0/s1. The number of hydrogen-bond acceptors (Lipinski definition) is 3. The maximum Gasteiger partial charge on any atom is 0.193 e. The zero-order chi connectivity index (χ0) is 16.9. The molecule has 1 fully saturated rings. The van der Waals surface area contributed by atoms with E-state index in [0.29, 0.717) is 0 Å². The summed E-state index contributed by atoms with van der Waals surface area (Å²) >= 11 is 0. The number of ether oxygens (including phenoxy) is 1. The first kappa shape index (κ1) is 18.9. The van der Waals surface area contributed by atoms with E-state index in [2.05, 4.69) is 73.8 Å². The first-order chi connectivity index (χ1) is 9.15. The lowest BCUT2D eigenvalue weighted by Gasteiger charge is -2.38. The molecule has 0 unspecified atom stereocenters. The van der Waals surface area contributed by atoms with E-state index < -0.39 is 22.5 Å². The highest BCUT2D eigenvalue weighted by atomic mass is 28.4. The van der Waals surface area contributed by atoms with Crippen molar-refractivity contribution in [3.05, 3.63) is 0 Å². The van der Waals surface area contributed by atoms with Crippen LogP contribution in [0.5, 0.6) is 0 Å². The van der Waals surface area contributed by atoms with Crippen LogP contribution in [-0.4, -0.2) is 34.3 Å². The van der Waals surface area contributed by atoms with Crippen molar-refractivity contribution in [2.24, 2.45) is 0 Å². The molecule has 21 heavy (non-hydrogen) atoms. The van der Waals surface area contributed by atoms with E-state index in [9.17, 15) is 5.26 Å². The molecule has 0 aromatic rings. The van der Waals surface area contributed by atoms with Crippen LogP contribution in [0.2, 0.25) is 36.3 Å². The highest BCUT2D eigenvalue weighted by Crippen LogP contribution is 2.48. The molecule has 122 valence electrons. The van der Waals surface area contributed by atoms with Crippen LogP contribution < -0.4 is 0 Å². The fraction of sp³-hybridized carbons (Fsp3) is 0.938. The highest BCUT2D eigenvalue weighted by molar-refractivity contribution is 6.82. The number of hydrogen-bond donors (Lipinski definition) is 0. The fourth-order valence-electron chi connectivity index (χ4n) is 2.02. The second-order valence-electron chi connectivity index (χ2n) is 9.42. The molecule has 1 aliphatic rings. The van der Waals surface area contributed by atoms with E-state index >= 15 is 0 Å². The normalized spacial score (nSPS) is 25.4. The van der Waals surface area contributed by atoms with Crippen LogP contribution in [0.1, 0.15) is 41.5 Å². The Kier molecular flexibility index (Phi) is 4.93. The van der Waals surface area contributed by atoms with Gasteiger partial charge in [-0.3, -0.25) is 0 Å². The van der Waals surface area contributed by atoms with Gasteiger partial charge in [0.2, 0.25) is 0 Å². The van der Waals surface area contributed by atoms with E-state index in [0.717, 1.165) is 0 Å². The van der Waals surface area contributed by atoms with Crippen molar-refractivity contribution in [1.82, 2.24) is 0 Å². The van der Waals surface area contributed by atoms with Gasteiger partial charge in [0.1, 0.15) is 6.10 Å². The molecule has 0 amide bonds. The van der Waals surface area contributed by atoms with Crippen molar-refractivity contribution >= 4 is 16.4 Å². The minimum Gasteiger partial charge on any atom is -0.399 e. The lowest BCUT2D eigenvalue weighted by Crippen LogP contribution is -2.48. The summed E-state index contributed by atoms with van der Waals surface area (Å²) in [4.78, 5) is 0. The number of rotatable bonds is 4. The smallest absolute Gasteiger partial charge is 0.193 e. The second-order valence-corrected chi connectivity index (χ2v) is 19.7. The van der Waals surface area contributed by atoms with Crippen LogP contribution in [0.4, 0.5) is 0 Å². The van der Waals surface area contributed by atoms with Crippen LogP contribution >= 0.6 is 0 Å². The van der Waals surface area contributed by atoms with Crippen molar-refractivity contribution in [2.45, 2.75) is 95.7 Å². The zero-order valence-electron chi connectivity index (χ0n) is 15.5. The molecule has 0 aromatic heterocycles. The molecule has 0 saturated carbocycles. The molecule has 0 N–H and O–H groups in total. The second kappa shape index (κ2) is 5.48. The first-order valence-corrected chi connectivity index (χ1v) is 13.9. The summed E-state index contributed by atoms with van der Waals surface area (Å²) in [7, 11) is -3.51. The van der Waals surface area contributed by atoms with Gasteiger partial charge in [0.25, 0.3) is 0 Å². The lowest BCUT2D eigenvalue weighted by atomic mass is 10.2. The molecule has 0 aromatic carbocycles. The van der Waals surface area contributed by atoms with Gasteiger partial charge in [-0.15, -0.1) is 0 Å². The molecule has 0 radical (unpaired) electrons. The van der Waals surface area contributed by atoms with E-state index in [-0.39, 0.29) is 21.9 Å². The molecule has 3 nitrogen and oxygen atoms in total. The van der Waals surface area contributed by atoms with Gasteiger partial charge >= 0.3 is 0 Å². The highest BCUT2D eigenvalue weighted by Gasteiger charge is 2.59. The largest absolute Gasteiger partial charge is 0.399 e. The molecule has 0 aliphatic carbocycles. The zero-order valence-corrected chi connectivity index (χ0v) is 17.5. The molecular weight excluding hydrogens is 294 g/mol. The van der Waals surface area contributed by atoms with E-state index in [1.807, 2.05) is 0 Å². The van der Waals surface area contributed by atoms with Crippen LogP contribution in [0.15, 0.2) is 0 Å². The van der Waals surface area contributed by atoms with E-state index in [1.54, 1.807) is 0 Å². The molecule has 5 heteroatoms. The summed E-state index contributed by atoms with van der Waals surface area (Å²) in [5.41, 5.74) is 0.243. The summed E-state index contributed by atoms with van der Waals surface area (Å²) in [5.74, 6) is 0. The predicted molar refractivity (Wildman–Crippen MR) is 93.5 cm³/mol. The minimum atomic E-state index is -1.93. The van der Waals surface area contributed by atoms with Crippen LogP contribution in [-0.2, 0) is 9.16 Å². The number of epoxide rings is 1. The Bertz CT molecular complexity index is 427. The average molecular weight is 328 g/mol. The van der Waals surface area contributed by atoms with Gasteiger partial charge in [0.05, 0.1) is 19.9 Å². The predicted octanol–water partition coefficient (Wildman–Crippen LogP) is 4.72. The average Bonchev–Trinajstić information content (AvgIpc) is 3.02. The summed E-state index contributed by atoms with van der Waals surface area (Å²) in [6.45, 7) is 22.6. The molecular formula is C16H33NO2Si2. The summed E-state index contributed by atoms with van der Waals surface area (Å²) in [5, 5.41) is 9.92. The van der Waals surface area contributed by atoms with E-state index in [1.165, 1.54) is 0 Å². The third-order valence-corrected chi connectivity index (χ3v) is 16.0. The lowest BCUT2D eigenvalue weighted by molar-refractivity contribution is 0.188. The van der Waals surface area contributed by atoms with Crippen molar-refractivity contribution < 1.29 is 9.16 Å². The van der Waals surface area contributed by atoms with Crippen molar-refractivity contribution in [3.8, 4) is 6.07 Å². The van der Waals surface area contributed by atoms with Gasteiger partial charge in [-0.1, -0.05) is 54.6 Å². The van der Waals surface area contributed by atoms with Gasteiger partial charge in [0, 0.05) is 0 Å². The van der Waals surface area contributed by atoms with Gasteiger partial charge in [0.15, 0.2) is 14.4 Å². The van der Waals surface area contributed by atoms with Gasteiger partial charge in [-0.25, -0.2) is 0 Å². The summed E-state index contributed by atoms with van der Waals surface area (Å²) in [6.07, 6.45) is -0.435. The Morgan fingerprint density at radius 1 is 1.00 bits per heavy atom. The van der Waals surface area contributed by atoms with Gasteiger partial charge < -0.3 is 9.16 Å². The fourth-order valence-corrected chi connectivity index (χ4v) is 5.54. The molecule has 1 heterocycles. The monoisotopic (exact) mass is 327 g/mol. The number of nitriles is 1. The Labute approximate surface area is 133 Å². The minimum absolute atomic E-state index is 0.0231. The molecule has 1 rings (SSSR count). The Morgan fingerprint density at radius 2 is 1.48 bits per heavy atom. The Hall–Kier alpha value is -0.156. The first-order valence-electron chi connectivity index (χ1n) is 7.88. The van der Waals surface area contributed by atoms with E-state index in [4.69, 9.17) is 9.16 Å².